The van der Waals surface area contributed by atoms with E-state index in [0.29, 0.717) is 0 Å². The molecular weight excluding hydrogens is 336 g/mol. The third kappa shape index (κ3) is 2.87. The van der Waals surface area contributed by atoms with Gasteiger partial charge in [0.2, 0.25) is 0 Å². The Morgan fingerprint density at radius 2 is 2.15 bits per heavy atom. The normalized spacial score (nSPS) is 18.8. The van der Waals surface area contributed by atoms with Gasteiger partial charge in [-0.3, -0.25) is 0 Å². The predicted octanol–water partition coefficient (Wildman–Crippen LogP) is 3.31. The van der Waals surface area contributed by atoms with Crippen molar-refractivity contribution < 1.29 is 8.42 Å². The lowest BCUT2D eigenvalue weighted by Crippen LogP contribution is -2.30. The Morgan fingerprint density at radius 3 is 2.90 bits per heavy atom. The van der Waals surface area contributed by atoms with Crippen LogP contribution < -0.4 is 4.72 Å². The first-order valence-electron chi connectivity index (χ1n) is 5.92. The number of aromatic nitrogens is 1. The third-order valence-electron chi connectivity index (χ3n) is 2.98. The second kappa shape index (κ2) is 5.65. The van der Waals surface area contributed by atoms with Crippen molar-refractivity contribution in [2.75, 3.05) is 5.75 Å². The molecule has 1 aromatic heterocycles. The van der Waals surface area contributed by atoms with Crippen LogP contribution in [0.25, 0.3) is 0 Å². The van der Waals surface area contributed by atoms with Crippen LogP contribution in [0.4, 0.5) is 0 Å². The molecule has 0 spiro atoms. The highest BCUT2D eigenvalue weighted by Gasteiger charge is 2.27. The molecule has 1 atom stereocenters. The van der Waals surface area contributed by atoms with Crippen LogP contribution >= 0.6 is 34.7 Å². The van der Waals surface area contributed by atoms with E-state index < -0.39 is 10.0 Å². The monoisotopic (exact) mass is 346 g/mol. The highest BCUT2D eigenvalue weighted by molar-refractivity contribution is 7.99. The summed E-state index contributed by atoms with van der Waals surface area (Å²) in [5, 5.41) is 0. The van der Waals surface area contributed by atoms with E-state index >= 15 is 0 Å². The molecule has 0 radical (unpaired) electrons. The minimum absolute atomic E-state index is 0.151. The van der Waals surface area contributed by atoms with E-state index in [1.54, 1.807) is 11.8 Å². The van der Waals surface area contributed by atoms with E-state index in [1.807, 2.05) is 24.3 Å². The minimum Gasteiger partial charge on any atom is -0.232 e. The Kier molecular flexibility index (Phi) is 4.05. The maximum atomic E-state index is 12.3. The summed E-state index contributed by atoms with van der Waals surface area (Å²) < 4.78 is 27.8. The van der Waals surface area contributed by atoms with E-state index in [4.69, 9.17) is 11.6 Å². The number of sulfonamides is 1. The van der Waals surface area contributed by atoms with Crippen LogP contribution in [0.5, 0.6) is 0 Å². The van der Waals surface area contributed by atoms with Crippen molar-refractivity contribution in [3.63, 3.8) is 0 Å². The van der Waals surface area contributed by atoms with Crippen molar-refractivity contribution in [2.24, 2.45) is 0 Å². The number of halogens is 1. The van der Waals surface area contributed by atoms with Gasteiger partial charge < -0.3 is 0 Å². The molecule has 0 bridgehead atoms. The fourth-order valence-corrected chi connectivity index (χ4v) is 5.76. The Hall–Kier alpha value is -0.600. The molecule has 106 valence electrons. The van der Waals surface area contributed by atoms with Crippen molar-refractivity contribution in [3.8, 4) is 0 Å². The van der Waals surface area contributed by atoms with Gasteiger partial charge in [0.25, 0.3) is 10.0 Å². The molecule has 2 heterocycles. The van der Waals surface area contributed by atoms with E-state index in [2.05, 4.69) is 9.71 Å². The number of thiazole rings is 1. The number of hydrogen-bond donors (Lipinski definition) is 1. The first-order chi connectivity index (χ1) is 9.56. The van der Waals surface area contributed by atoms with Crippen LogP contribution in [-0.4, -0.2) is 19.2 Å². The largest absolute Gasteiger partial charge is 0.252 e. The summed E-state index contributed by atoms with van der Waals surface area (Å²) in [7, 11) is -3.57. The second-order valence-corrected chi connectivity index (χ2v) is 8.97. The summed E-state index contributed by atoms with van der Waals surface area (Å²) in [4.78, 5) is 4.91. The van der Waals surface area contributed by atoms with Crippen molar-refractivity contribution in [1.82, 2.24) is 9.71 Å². The molecule has 4 nitrogen and oxygen atoms in total. The fourth-order valence-electron chi connectivity index (χ4n) is 2.07. The molecular formula is C12H11ClN2O2S3. The first-order valence-corrected chi connectivity index (χ1v) is 9.58. The number of hydrogen-bond acceptors (Lipinski definition) is 5. The van der Waals surface area contributed by atoms with Gasteiger partial charge in [0.15, 0.2) is 8.68 Å². The Morgan fingerprint density at radius 1 is 1.35 bits per heavy atom. The molecule has 1 aliphatic heterocycles. The molecule has 2 aromatic rings. The standard InChI is InChI=1S/C12H11ClN2O2S3/c13-12-14-7-11(19-12)20(16,17)15-9-5-6-18-10-4-2-1-3-8(9)10/h1-4,7,9,15H,5-6H2. The molecule has 0 saturated heterocycles. The average molecular weight is 347 g/mol. The summed E-state index contributed by atoms with van der Waals surface area (Å²) in [6.07, 6.45) is 2.06. The summed E-state index contributed by atoms with van der Waals surface area (Å²) >= 11 is 8.42. The maximum Gasteiger partial charge on any atom is 0.252 e. The highest BCUT2D eigenvalue weighted by atomic mass is 35.5. The Balaban J connectivity index is 1.89. The van der Waals surface area contributed by atoms with Crippen LogP contribution in [0, 0.1) is 0 Å². The zero-order valence-electron chi connectivity index (χ0n) is 10.2. The van der Waals surface area contributed by atoms with Crippen LogP contribution in [0.3, 0.4) is 0 Å². The van der Waals surface area contributed by atoms with E-state index in [-0.39, 0.29) is 14.7 Å². The lowest BCUT2D eigenvalue weighted by Gasteiger charge is -2.25. The zero-order chi connectivity index (χ0) is 14.2. The Labute approximate surface area is 130 Å². The summed E-state index contributed by atoms with van der Waals surface area (Å²) in [5.74, 6) is 0.896. The quantitative estimate of drug-likeness (QED) is 0.926. The van der Waals surface area contributed by atoms with Crippen molar-refractivity contribution >= 4 is 44.7 Å². The van der Waals surface area contributed by atoms with Gasteiger partial charge in [-0.15, -0.1) is 11.8 Å². The summed E-state index contributed by atoms with van der Waals surface area (Å²) in [6.45, 7) is 0. The lowest BCUT2D eigenvalue weighted by molar-refractivity contribution is 0.547. The van der Waals surface area contributed by atoms with Gasteiger partial charge in [-0.25, -0.2) is 18.1 Å². The number of rotatable bonds is 3. The molecule has 1 unspecified atom stereocenters. The summed E-state index contributed by atoms with van der Waals surface area (Å²) in [5.41, 5.74) is 1.03. The van der Waals surface area contributed by atoms with Crippen molar-refractivity contribution in [3.05, 3.63) is 40.5 Å². The fraction of sp³-hybridized carbons (Fsp3) is 0.250. The lowest BCUT2D eigenvalue weighted by atomic mass is 10.1. The van der Waals surface area contributed by atoms with Gasteiger partial charge in [-0.05, 0) is 23.8 Å². The molecule has 1 aliphatic rings. The van der Waals surface area contributed by atoms with Gasteiger partial charge in [0.05, 0.1) is 6.20 Å². The molecule has 0 fully saturated rings. The molecule has 0 aliphatic carbocycles. The van der Waals surface area contributed by atoms with Crippen LogP contribution in [-0.2, 0) is 10.0 Å². The third-order valence-corrected chi connectivity index (χ3v) is 7.15. The van der Waals surface area contributed by atoms with Crippen molar-refractivity contribution in [2.45, 2.75) is 21.6 Å². The minimum atomic E-state index is -3.57. The van der Waals surface area contributed by atoms with Crippen LogP contribution in [0.1, 0.15) is 18.0 Å². The molecule has 20 heavy (non-hydrogen) atoms. The smallest absolute Gasteiger partial charge is 0.232 e. The Bertz CT molecular complexity index is 730. The average Bonchev–Trinajstić information content (AvgIpc) is 2.86. The highest BCUT2D eigenvalue weighted by Crippen LogP contribution is 2.37. The van der Waals surface area contributed by atoms with Gasteiger partial charge in [0.1, 0.15) is 0 Å². The van der Waals surface area contributed by atoms with Crippen molar-refractivity contribution in [1.29, 1.82) is 0 Å². The molecule has 1 N–H and O–H groups in total. The number of nitrogens with zero attached hydrogens (tertiary/aromatic N) is 1. The van der Waals surface area contributed by atoms with Crippen LogP contribution in [0.15, 0.2) is 39.6 Å². The zero-order valence-corrected chi connectivity index (χ0v) is 13.5. The SMILES string of the molecule is O=S(=O)(NC1CCSc2ccccc21)c1cnc(Cl)s1. The summed E-state index contributed by atoms with van der Waals surface area (Å²) in [6, 6.07) is 7.68. The van der Waals surface area contributed by atoms with Gasteiger partial charge in [-0.2, -0.15) is 0 Å². The van der Waals surface area contributed by atoms with E-state index in [9.17, 15) is 8.42 Å². The second-order valence-electron chi connectivity index (χ2n) is 4.28. The predicted molar refractivity (Wildman–Crippen MR) is 82.0 cm³/mol. The number of benzene rings is 1. The maximum absolute atomic E-state index is 12.3. The topological polar surface area (TPSA) is 59.1 Å². The van der Waals surface area contributed by atoms with Crippen LogP contribution in [0.2, 0.25) is 4.47 Å². The van der Waals surface area contributed by atoms with Gasteiger partial charge in [-0.1, -0.05) is 41.1 Å². The molecule has 3 rings (SSSR count). The number of nitrogens with one attached hydrogen (secondary N) is 1. The van der Waals surface area contributed by atoms with E-state index in [1.165, 1.54) is 6.20 Å². The van der Waals surface area contributed by atoms with E-state index in [0.717, 1.165) is 34.0 Å². The number of fused-ring (bicyclic) bond motifs is 1. The van der Waals surface area contributed by atoms with Gasteiger partial charge >= 0.3 is 0 Å². The number of thioether (sulfide) groups is 1. The molecule has 1 aromatic carbocycles. The molecule has 8 heteroatoms. The van der Waals surface area contributed by atoms with Gasteiger partial charge in [0, 0.05) is 10.9 Å². The first kappa shape index (κ1) is 14.3. The molecule has 0 amide bonds. The molecule has 0 saturated carbocycles.